The van der Waals surface area contributed by atoms with E-state index < -0.39 is 5.78 Å². The number of phenols is 1. The molecule has 0 unspecified atom stereocenters. The van der Waals surface area contributed by atoms with E-state index >= 15 is 0 Å². The summed E-state index contributed by atoms with van der Waals surface area (Å²) in [5.74, 6) is -0.0703. The van der Waals surface area contributed by atoms with Crippen LogP contribution in [0, 0.1) is 11.3 Å². The van der Waals surface area contributed by atoms with E-state index in [4.69, 9.17) is 10.00 Å². The molecule has 1 aromatic rings. The lowest BCUT2D eigenvalue weighted by Gasteiger charge is -2.04. The Morgan fingerprint density at radius 3 is 2.93 bits per heavy atom. The van der Waals surface area contributed by atoms with E-state index in [0.29, 0.717) is 5.75 Å². The van der Waals surface area contributed by atoms with Crippen molar-refractivity contribution < 1.29 is 14.6 Å². The molecule has 0 spiro atoms. The molecule has 14 heavy (non-hydrogen) atoms. The van der Waals surface area contributed by atoms with Gasteiger partial charge in [0.25, 0.3) is 0 Å². The van der Waals surface area contributed by atoms with Gasteiger partial charge in [-0.05, 0) is 18.2 Å². The van der Waals surface area contributed by atoms with Crippen molar-refractivity contribution >= 4 is 5.78 Å². The normalized spacial score (nSPS) is 9.14. The summed E-state index contributed by atoms with van der Waals surface area (Å²) in [7, 11) is 1.46. The molecule has 0 atom stereocenters. The van der Waals surface area contributed by atoms with E-state index in [2.05, 4.69) is 0 Å². The lowest BCUT2D eigenvalue weighted by molar-refractivity contribution is 0.0995. The summed E-state index contributed by atoms with van der Waals surface area (Å²) in [6.07, 6.45) is -0.249. The Morgan fingerprint density at radius 2 is 2.36 bits per heavy atom. The van der Waals surface area contributed by atoms with Gasteiger partial charge in [0, 0.05) is 0 Å². The highest BCUT2D eigenvalue weighted by Gasteiger charge is 2.11. The highest BCUT2D eigenvalue weighted by molar-refractivity contribution is 6.00. The molecule has 0 amide bonds. The second-order valence-electron chi connectivity index (χ2n) is 2.64. The number of hydrogen-bond acceptors (Lipinski definition) is 4. The molecule has 72 valence electrons. The lowest BCUT2D eigenvalue weighted by atomic mass is 10.1. The molecule has 0 saturated carbocycles. The Kier molecular flexibility index (Phi) is 3.08. The molecule has 0 aliphatic heterocycles. The van der Waals surface area contributed by atoms with Gasteiger partial charge < -0.3 is 9.84 Å². The molecule has 0 fully saturated rings. The van der Waals surface area contributed by atoms with E-state index in [-0.39, 0.29) is 17.7 Å². The first-order chi connectivity index (χ1) is 6.69. The van der Waals surface area contributed by atoms with Crippen LogP contribution in [0.15, 0.2) is 18.2 Å². The first-order valence-electron chi connectivity index (χ1n) is 3.96. The maximum Gasteiger partial charge on any atom is 0.180 e. The molecule has 0 aliphatic carbocycles. The van der Waals surface area contributed by atoms with Gasteiger partial charge in [-0.3, -0.25) is 4.79 Å². The summed E-state index contributed by atoms with van der Waals surface area (Å²) in [6, 6.07) is 6.05. The van der Waals surface area contributed by atoms with Crippen molar-refractivity contribution in [3.8, 4) is 17.6 Å². The van der Waals surface area contributed by atoms with E-state index in [0.717, 1.165) is 0 Å². The van der Waals surface area contributed by atoms with Crippen molar-refractivity contribution in [2.45, 2.75) is 6.42 Å². The maximum absolute atomic E-state index is 11.3. The van der Waals surface area contributed by atoms with E-state index in [1.54, 1.807) is 12.1 Å². The monoisotopic (exact) mass is 191 g/mol. The molecule has 0 aromatic heterocycles. The number of carbonyl (C=O) groups excluding carboxylic acids is 1. The summed E-state index contributed by atoms with van der Waals surface area (Å²) in [5.41, 5.74) is 0.117. The van der Waals surface area contributed by atoms with Crippen molar-refractivity contribution in [2.75, 3.05) is 7.11 Å². The van der Waals surface area contributed by atoms with E-state index in [1.165, 1.54) is 19.2 Å². The maximum atomic E-state index is 11.3. The number of Topliss-reactive ketones (excluding diaryl/α,β-unsaturated/α-hetero) is 1. The molecule has 0 heterocycles. The molecular formula is C10H9NO3. The molecule has 1 aromatic carbocycles. The number of rotatable bonds is 3. The van der Waals surface area contributed by atoms with Gasteiger partial charge in [0.05, 0.1) is 25.2 Å². The molecule has 0 aliphatic rings. The average Bonchev–Trinajstić information content (AvgIpc) is 2.19. The van der Waals surface area contributed by atoms with Gasteiger partial charge in [0.15, 0.2) is 5.78 Å². The summed E-state index contributed by atoms with van der Waals surface area (Å²) in [5, 5.41) is 17.7. The van der Waals surface area contributed by atoms with Crippen LogP contribution in [0.2, 0.25) is 0 Å². The minimum Gasteiger partial charge on any atom is -0.507 e. The van der Waals surface area contributed by atoms with Crippen LogP contribution in [0.1, 0.15) is 16.8 Å². The quantitative estimate of drug-likeness (QED) is 0.735. The number of ketones is 1. The smallest absolute Gasteiger partial charge is 0.180 e. The van der Waals surface area contributed by atoms with Gasteiger partial charge in [-0.25, -0.2) is 0 Å². The number of ether oxygens (including phenoxy) is 1. The molecular weight excluding hydrogens is 182 g/mol. The summed E-state index contributed by atoms with van der Waals surface area (Å²) < 4.78 is 4.89. The Labute approximate surface area is 81.4 Å². The van der Waals surface area contributed by atoms with Gasteiger partial charge in [0.2, 0.25) is 0 Å². The zero-order chi connectivity index (χ0) is 10.6. The summed E-state index contributed by atoms with van der Waals surface area (Å²) in [4.78, 5) is 11.3. The van der Waals surface area contributed by atoms with E-state index in [1.807, 2.05) is 0 Å². The number of benzene rings is 1. The van der Waals surface area contributed by atoms with Crippen molar-refractivity contribution in [1.82, 2.24) is 0 Å². The van der Waals surface area contributed by atoms with Crippen LogP contribution in [-0.2, 0) is 0 Å². The Hall–Kier alpha value is -2.02. The third-order valence-electron chi connectivity index (χ3n) is 1.74. The molecule has 1 N–H and O–H groups in total. The highest BCUT2D eigenvalue weighted by atomic mass is 16.5. The van der Waals surface area contributed by atoms with Crippen molar-refractivity contribution in [3.63, 3.8) is 0 Å². The van der Waals surface area contributed by atoms with Crippen molar-refractivity contribution in [1.29, 1.82) is 5.26 Å². The average molecular weight is 191 g/mol. The SMILES string of the molecule is COc1ccc(O)c(C(=O)CC#N)c1. The predicted octanol–water partition coefficient (Wildman–Crippen LogP) is 1.50. The Morgan fingerprint density at radius 1 is 1.64 bits per heavy atom. The number of carbonyl (C=O) groups is 1. The third-order valence-corrected chi connectivity index (χ3v) is 1.74. The predicted molar refractivity (Wildman–Crippen MR) is 49.2 cm³/mol. The number of aromatic hydroxyl groups is 1. The van der Waals surface area contributed by atoms with Crippen molar-refractivity contribution in [2.24, 2.45) is 0 Å². The first-order valence-corrected chi connectivity index (χ1v) is 3.96. The van der Waals surface area contributed by atoms with Crippen LogP contribution < -0.4 is 4.74 Å². The zero-order valence-corrected chi connectivity index (χ0v) is 7.65. The van der Waals surface area contributed by atoms with Crippen molar-refractivity contribution in [3.05, 3.63) is 23.8 Å². The summed E-state index contributed by atoms with van der Waals surface area (Å²) in [6.45, 7) is 0. The van der Waals surface area contributed by atoms with Crippen LogP contribution in [0.3, 0.4) is 0 Å². The standard InChI is InChI=1S/C10H9NO3/c1-14-7-2-3-9(12)8(6-7)10(13)4-5-11/h2-3,6,12H,4H2,1H3. The van der Waals surface area contributed by atoms with Crippen LogP contribution >= 0.6 is 0 Å². The fourth-order valence-electron chi connectivity index (χ4n) is 1.03. The molecule has 0 bridgehead atoms. The molecule has 0 radical (unpaired) electrons. The molecule has 4 nitrogen and oxygen atoms in total. The van der Waals surface area contributed by atoms with Gasteiger partial charge in [-0.1, -0.05) is 0 Å². The van der Waals surface area contributed by atoms with Crippen LogP contribution in [0.5, 0.6) is 11.5 Å². The van der Waals surface area contributed by atoms with Crippen LogP contribution in [0.25, 0.3) is 0 Å². The topological polar surface area (TPSA) is 70.3 Å². The highest BCUT2D eigenvalue weighted by Crippen LogP contribution is 2.23. The lowest BCUT2D eigenvalue weighted by Crippen LogP contribution is -1.98. The molecule has 0 saturated heterocycles. The fourth-order valence-corrected chi connectivity index (χ4v) is 1.03. The van der Waals surface area contributed by atoms with Gasteiger partial charge in [-0.2, -0.15) is 5.26 Å². The Balaban J connectivity index is 3.07. The minimum absolute atomic E-state index is 0.117. The number of nitrogens with zero attached hydrogens (tertiary/aromatic N) is 1. The van der Waals surface area contributed by atoms with Crippen LogP contribution in [-0.4, -0.2) is 18.0 Å². The summed E-state index contributed by atoms with van der Waals surface area (Å²) >= 11 is 0. The third kappa shape index (κ3) is 2.02. The molecule has 1 rings (SSSR count). The number of nitriles is 1. The second-order valence-corrected chi connectivity index (χ2v) is 2.64. The fraction of sp³-hybridized carbons (Fsp3) is 0.200. The zero-order valence-electron chi connectivity index (χ0n) is 7.65. The van der Waals surface area contributed by atoms with Gasteiger partial charge in [0.1, 0.15) is 11.5 Å². The van der Waals surface area contributed by atoms with Crippen LogP contribution in [0.4, 0.5) is 0 Å². The Bertz CT molecular complexity index is 393. The van der Waals surface area contributed by atoms with Gasteiger partial charge in [-0.15, -0.1) is 0 Å². The minimum atomic E-state index is -0.413. The first kappa shape index (κ1) is 10.1. The number of methoxy groups -OCH3 is 1. The molecule has 4 heteroatoms. The van der Waals surface area contributed by atoms with E-state index in [9.17, 15) is 9.90 Å². The van der Waals surface area contributed by atoms with Gasteiger partial charge >= 0.3 is 0 Å². The largest absolute Gasteiger partial charge is 0.507 e. The second kappa shape index (κ2) is 4.28. The number of phenolic OH excluding ortho intramolecular Hbond substituents is 1. The number of hydrogen-bond donors (Lipinski definition) is 1.